The molecule has 94 valence electrons. The van der Waals surface area contributed by atoms with Crippen molar-refractivity contribution in [2.45, 2.75) is 19.8 Å². The molecule has 0 aliphatic carbocycles. The third-order valence-corrected chi connectivity index (χ3v) is 2.51. The summed E-state index contributed by atoms with van der Waals surface area (Å²) in [6.07, 6.45) is 0. The van der Waals surface area contributed by atoms with E-state index < -0.39 is 0 Å². The molecule has 6 heteroatoms. The Kier molecular flexibility index (Phi) is 3.62. The molecule has 0 aliphatic rings. The number of rotatable bonds is 3. The number of hydrogen-bond donors (Lipinski definition) is 1. The zero-order valence-electron chi connectivity index (χ0n) is 10.1. The van der Waals surface area contributed by atoms with Crippen LogP contribution in [-0.4, -0.2) is 15.0 Å². The predicted octanol–water partition coefficient (Wildman–Crippen LogP) is 3.02. The van der Waals surface area contributed by atoms with E-state index in [2.05, 4.69) is 28.8 Å². The van der Waals surface area contributed by atoms with Gasteiger partial charge in [-0.05, 0) is 35.2 Å². The average Bonchev–Trinajstić information content (AvgIpc) is 2.27. The van der Waals surface area contributed by atoms with Crippen molar-refractivity contribution in [3.05, 3.63) is 35.1 Å². The molecule has 0 atom stereocenters. The Morgan fingerprint density at radius 1 is 1.22 bits per heavy atom. The highest BCUT2D eigenvalue weighted by Gasteiger charge is 2.06. The van der Waals surface area contributed by atoms with E-state index in [1.807, 2.05) is 24.3 Å². The molecule has 1 heterocycles. The number of nitrogens with two attached hydrogens (primary N) is 1. The number of nitrogen functional groups attached to an aromatic ring is 1. The van der Waals surface area contributed by atoms with E-state index in [0.717, 1.165) is 0 Å². The van der Waals surface area contributed by atoms with Gasteiger partial charge in [-0.25, -0.2) is 0 Å². The third kappa shape index (κ3) is 3.07. The minimum Gasteiger partial charge on any atom is -0.424 e. The highest BCUT2D eigenvalue weighted by molar-refractivity contribution is 6.28. The van der Waals surface area contributed by atoms with E-state index in [4.69, 9.17) is 22.1 Å². The highest BCUT2D eigenvalue weighted by Crippen LogP contribution is 2.23. The van der Waals surface area contributed by atoms with Crippen LogP contribution in [0.25, 0.3) is 0 Å². The second-order valence-corrected chi connectivity index (χ2v) is 4.41. The molecule has 0 saturated carbocycles. The van der Waals surface area contributed by atoms with Gasteiger partial charge in [0.05, 0.1) is 0 Å². The van der Waals surface area contributed by atoms with Crippen molar-refractivity contribution in [3.63, 3.8) is 0 Å². The Balaban J connectivity index is 2.25. The zero-order chi connectivity index (χ0) is 13.1. The van der Waals surface area contributed by atoms with Crippen LogP contribution in [0.2, 0.25) is 5.28 Å². The minimum absolute atomic E-state index is 0.0116. The Hall–Kier alpha value is -1.88. The first-order valence-corrected chi connectivity index (χ1v) is 5.87. The van der Waals surface area contributed by atoms with Gasteiger partial charge in [0, 0.05) is 0 Å². The topological polar surface area (TPSA) is 73.9 Å². The lowest BCUT2D eigenvalue weighted by atomic mass is 10.0. The number of aromatic nitrogens is 3. The molecule has 18 heavy (non-hydrogen) atoms. The summed E-state index contributed by atoms with van der Waals surface area (Å²) < 4.78 is 5.50. The molecule has 2 N–H and O–H groups in total. The van der Waals surface area contributed by atoms with E-state index in [1.165, 1.54) is 5.56 Å². The Labute approximate surface area is 110 Å². The second kappa shape index (κ2) is 5.18. The average molecular weight is 265 g/mol. The molecule has 0 spiro atoms. The predicted molar refractivity (Wildman–Crippen MR) is 69.9 cm³/mol. The summed E-state index contributed by atoms with van der Waals surface area (Å²) in [6, 6.07) is 7.79. The molecule has 2 aromatic rings. The van der Waals surface area contributed by atoms with Gasteiger partial charge < -0.3 is 10.5 Å². The van der Waals surface area contributed by atoms with Crippen LogP contribution in [0.5, 0.6) is 11.8 Å². The van der Waals surface area contributed by atoms with Crippen LogP contribution in [0, 0.1) is 0 Å². The van der Waals surface area contributed by atoms with Crippen molar-refractivity contribution in [2.24, 2.45) is 0 Å². The SMILES string of the molecule is CC(C)c1cccc(Oc2nc(N)nc(Cl)n2)c1. The number of benzene rings is 1. The van der Waals surface area contributed by atoms with E-state index in [1.54, 1.807) is 0 Å². The number of anilines is 1. The number of ether oxygens (including phenoxy) is 1. The van der Waals surface area contributed by atoms with E-state index in [0.29, 0.717) is 11.7 Å². The molecule has 0 bridgehead atoms. The standard InChI is InChI=1S/C12H13ClN4O/c1-7(2)8-4-3-5-9(6-8)18-12-16-10(13)15-11(14)17-12/h3-7H,1-2H3,(H2,14,15,16,17). The van der Waals surface area contributed by atoms with Crippen molar-refractivity contribution >= 4 is 17.5 Å². The van der Waals surface area contributed by atoms with Crippen molar-refractivity contribution in [2.75, 3.05) is 5.73 Å². The van der Waals surface area contributed by atoms with Crippen LogP contribution in [0.15, 0.2) is 24.3 Å². The number of halogens is 1. The van der Waals surface area contributed by atoms with Gasteiger partial charge in [-0.3, -0.25) is 0 Å². The second-order valence-electron chi connectivity index (χ2n) is 4.07. The number of hydrogen-bond acceptors (Lipinski definition) is 5. The molecule has 0 aliphatic heterocycles. The molecule has 0 fully saturated rings. The molecule has 1 aromatic carbocycles. The van der Waals surface area contributed by atoms with E-state index in [9.17, 15) is 0 Å². The van der Waals surface area contributed by atoms with E-state index >= 15 is 0 Å². The van der Waals surface area contributed by atoms with Crippen LogP contribution in [-0.2, 0) is 0 Å². The molecular weight excluding hydrogens is 252 g/mol. The summed E-state index contributed by atoms with van der Waals surface area (Å²) in [5.41, 5.74) is 6.63. The lowest BCUT2D eigenvalue weighted by Crippen LogP contribution is -2.00. The van der Waals surface area contributed by atoms with Crippen LogP contribution in [0.1, 0.15) is 25.3 Å². The van der Waals surface area contributed by atoms with Gasteiger partial charge in [-0.1, -0.05) is 26.0 Å². The molecule has 0 amide bonds. The van der Waals surface area contributed by atoms with Gasteiger partial charge in [0.1, 0.15) is 5.75 Å². The van der Waals surface area contributed by atoms with Gasteiger partial charge in [-0.2, -0.15) is 15.0 Å². The molecule has 0 saturated heterocycles. The Morgan fingerprint density at radius 2 is 2.00 bits per heavy atom. The third-order valence-electron chi connectivity index (χ3n) is 2.34. The van der Waals surface area contributed by atoms with Crippen molar-refractivity contribution in [1.29, 1.82) is 0 Å². The van der Waals surface area contributed by atoms with Crippen LogP contribution >= 0.6 is 11.6 Å². The summed E-state index contributed by atoms with van der Waals surface area (Å²) in [5.74, 6) is 1.09. The lowest BCUT2D eigenvalue weighted by molar-refractivity contribution is 0.440. The summed E-state index contributed by atoms with van der Waals surface area (Å²) >= 11 is 5.68. The summed E-state index contributed by atoms with van der Waals surface area (Å²) in [7, 11) is 0. The fourth-order valence-corrected chi connectivity index (χ4v) is 1.59. The first-order valence-electron chi connectivity index (χ1n) is 5.49. The largest absolute Gasteiger partial charge is 0.424 e. The summed E-state index contributed by atoms with van der Waals surface area (Å²) in [4.78, 5) is 11.4. The maximum absolute atomic E-state index is 5.68. The van der Waals surface area contributed by atoms with Crippen molar-refractivity contribution < 1.29 is 4.74 Å². The first kappa shape index (κ1) is 12.6. The fraction of sp³-hybridized carbons (Fsp3) is 0.250. The van der Waals surface area contributed by atoms with Gasteiger partial charge in [-0.15, -0.1) is 0 Å². The summed E-state index contributed by atoms with van der Waals surface area (Å²) in [6.45, 7) is 4.22. The highest BCUT2D eigenvalue weighted by atomic mass is 35.5. The molecule has 2 rings (SSSR count). The smallest absolute Gasteiger partial charge is 0.328 e. The van der Waals surface area contributed by atoms with Gasteiger partial charge in [0.2, 0.25) is 11.2 Å². The number of nitrogens with zero attached hydrogens (tertiary/aromatic N) is 3. The molecule has 0 radical (unpaired) electrons. The van der Waals surface area contributed by atoms with Gasteiger partial charge in [0.15, 0.2) is 0 Å². The fourth-order valence-electron chi connectivity index (χ4n) is 1.43. The zero-order valence-corrected chi connectivity index (χ0v) is 10.8. The Bertz CT molecular complexity index is 539. The maximum atomic E-state index is 5.68. The molecule has 5 nitrogen and oxygen atoms in total. The van der Waals surface area contributed by atoms with Gasteiger partial charge in [0.25, 0.3) is 0 Å². The quantitative estimate of drug-likeness (QED) is 0.922. The molecule has 1 aromatic heterocycles. The molecular formula is C12H13ClN4O. The maximum Gasteiger partial charge on any atom is 0.328 e. The first-order chi connectivity index (χ1) is 8.54. The van der Waals surface area contributed by atoms with Crippen LogP contribution in [0.4, 0.5) is 5.95 Å². The lowest BCUT2D eigenvalue weighted by Gasteiger charge is -2.08. The minimum atomic E-state index is 0.0116. The van der Waals surface area contributed by atoms with Crippen molar-refractivity contribution in [1.82, 2.24) is 15.0 Å². The monoisotopic (exact) mass is 264 g/mol. The van der Waals surface area contributed by atoms with E-state index in [-0.39, 0.29) is 17.2 Å². The van der Waals surface area contributed by atoms with Crippen LogP contribution < -0.4 is 10.5 Å². The summed E-state index contributed by atoms with van der Waals surface area (Å²) in [5, 5.41) is 0.0116. The molecule has 0 unspecified atom stereocenters. The Morgan fingerprint density at radius 3 is 2.67 bits per heavy atom. The normalized spacial score (nSPS) is 10.7. The van der Waals surface area contributed by atoms with Crippen LogP contribution in [0.3, 0.4) is 0 Å². The van der Waals surface area contributed by atoms with Gasteiger partial charge >= 0.3 is 6.01 Å². The van der Waals surface area contributed by atoms with Crippen molar-refractivity contribution in [3.8, 4) is 11.8 Å².